The van der Waals surface area contributed by atoms with Crippen molar-refractivity contribution >= 4 is 23.2 Å². The van der Waals surface area contributed by atoms with Crippen molar-refractivity contribution in [1.29, 1.82) is 0 Å². The first-order chi connectivity index (χ1) is 13.0. The van der Waals surface area contributed by atoms with E-state index in [4.69, 9.17) is 5.11 Å². The summed E-state index contributed by atoms with van der Waals surface area (Å²) in [6, 6.07) is 9.41. The van der Waals surface area contributed by atoms with Crippen molar-refractivity contribution in [2.24, 2.45) is 7.05 Å². The number of thiazole rings is 1. The van der Waals surface area contributed by atoms with Crippen LogP contribution in [0.5, 0.6) is 0 Å². The molecule has 2 aromatic heterocycles. The van der Waals surface area contributed by atoms with Gasteiger partial charge in [0, 0.05) is 36.7 Å². The highest BCUT2D eigenvalue weighted by Crippen LogP contribution is 2.23. The first-order valence-electron chi connectivity index (χ1n) is 8.52. The van der Waals surface area contributed by atoms with E-state index in [1.54, 1.807) is 16.3 Å². The molecule has 3 aromatic rings. The van der Waals surface area contributed by atoms with Gasteiger partial charge < -0.3 is 10.4 Å². The molecule has 2 N–H and O–H groups in total. The molecular formula is C19H20N4O3S. The maximum Gasteiger partial charge on any atom is 0.303 e. The van der Waals surface area contributed by atoms with Gasteiger partial charge in [0.25, 0.3) is 5.91 Å². The summed E-state index contributed by atoms with van der Waals surface area (Å²) in [4.78, 5) is 27.9. The van der Waals surface area contributed by atoms with Crippen LogP contribution in [0.3, 0.4) is 0 Å². The number of carboxylic acids is 1. The molecule has 2 heterocycles. The van der Waals surface area contributed by atoms with E-state index >= 15 is 0 Å². The first kappa shape index (κ1) is 18.8. The molecule has 0 radical (unpaired) electrons. The van der Waals surface area contributed by atoms with Crippen LogP contribution in [0.1, 0.15) is 28.9 Å². The van der Waals surface area contributed by atoms with Crippen molar-refractivity contribution in [3.05, 3.63) is 59.4 Å². The molecule has 0 fully saturated rings. The molecule has 0 aliphatic carbocycles. The summed E-state index contributed by atoms with van der Waals surface area (Å²) in [5.74, 6) is -1.18. The van der Waals surface area contributed by atoms with Crippen molar-refractivity contribution in [3.63, 3.8) is 0 Å². The second-order valence-corrected chi connectivity index (χ2v) is 7.09. The van der Waals surface area contributed by atoms with E-state index < -0.39 is 5.97 Å². The molecule has 8 heteroatoms. The fourth-order valence-electron chi connectivity index (χ4n) is 2.72. The van der Waals surface area contributed by atoms with E-state index in [-0.39, 0.29) is 18.4 Å². The fourth-order valence-corrected chi connectivity index (χ4v) is 3.50. The highest BCUT2D eigenvalue weighted by molar-refractivity contribution is 7.13. The predicted molar refractivity (Wildman–Crippen MR) is 103 cm³/mol. The lowest BCUT2D eigenvalue weighted by Gasteiger charge is -2.17. The Morgan fingerprint density at radius 3 is 2.74 bits per heavy atom. The van der Waals surface area contributed by atoms with Gasteiger partial charge in [0.2, 0.25) is 0 Å². The lowest BCUT2D eigenvalue weighted by atomic mass is 10.0. The molecule has 27 heavy (non-hydrogen) atoms. The Balaban J connectivity index is 1.69. The van der Waals surface area contributed by atoms with Gasteiger partial charge in [-0.05, 0) is 18.4 Å². The minimum Gasteiger partial charge on any atom is -0.481 e. The van der Waals surface area contributed by atoms with Crippen LogP contribution in [0.15, 0.2) is 48.1 Å². The third-order valence-electron chi connectivity index (χ3n) is 4.06. The summed E-state index contributed by atoms with van der Waals surface area (Å²) in [5, 5.41) is 18.4. The number of carbonyl (C=O) groups excluding carboxylic acids is 1. The normalized spacial score (nSPS) is 11.9. The second-order valence-electron chi connectivity index (χ2n) is 6.23. The number of nitrogens with one attached hydrogen (secondary N) is 1. The van der Waals surface area contributed by atoms with Gasteiger partial charge in [-0.25, -0.2) is 4.98 Å². The van der Waals surface area contributed by atoms with Crippen LogP contribution in [-0.4, -0.2) is 37.8 Å². The Kier molecular flexibility index (Phi) is 5.97. The largest absolute Gasteiger partial charge is 0.481 e. The number of rotatable bonds is 8. The number of aryl methyl sites for hydroxylation is 1. The van der Waals surface area contributed by atoms with Gasteiger partial charge in [0.1, 0.15) is 10.7 Å². The Morgan fingerprint density at radius 1 is 1.30 bits per heavy atom. The molecule has 0 aliphatic rings. The van der Waals surface area contributed by atoms with Gasteiger partial charge in [-0.3, -0.25) is 14.3 Å². The minimum atomic E-state index is -0.880. The monoisotopic (exact) mass is 384 g/mol. The third-order valence-corrected chi connectivity index (χ3v) is 4.95. The summed E-state index contributed by atoms with van der Waals surface area (Å²) < 4.78 is 1.68. The molecule has 0 bridgehead atoms. The number of aliphatic carboxylic acids is 1. The van der Waals surface area contributed by atoms with E-state index in [0.29, 0.717) is 18.5 Å². The fraction of sp³-hybridized carbons (Fsp3) is 0.263. The average Bonchev–Trinajstić information content (AvgIpc) is 3.29. The van der Waals surface area contributed by atoms with E-state index in [2.05, 4.69) is 15.4 Å². The van der Waals surface area contributed by atoms with E-state index in [1.807, 2.05) is 43.6 Å². The van der Waals surface area contributed by atoms with Gasteiger partial charge in [0.15, 0.2) is 0 Å². The topological polar surface area (TPSA) is 97.1 Å². The highest BCUT2D eigenvalue weighted by atomic mass is 32.1. The number of amides is 1. The molecule has 0 saturated carbocycles. The highest BCUT2D eigenvalue weighted by Gasteiger charge is 2.18. The SMILES string of the molecule is Cn1cc(-c2nc(C(=O)NC(CCC(=O)O)Cc3ccccc3)cs2)cn1. The van der Waals surface area contributed by atoms with E-state index in [9.17, 15) is 9.59 Å². The summed E-state index contributed by atoms with van der Waals surface area (Å²) in [6.07, 6.45) is 4.46. The van der Waals surface area contributed by atoms with E-state index in [0.717, 1.165) is 16.1 Å². The molecule has 1 aromatic carbocycles. The molecule has 1 atom stereocenters. The Morgan fingerprint density at radius 2 is 2.07 bits per heavy atom. The predicted octanol–water partition coefficient (Wildman–Crippen LogP) is 2.75. The zero-order valence-corrected chi connectivity index (χ0v) is 15.6. The van der Waals surface area contributed by atoms with Crippen molar-refractivity contribution < 1.29 is 14.7 Å². The molecule has 1 amide bonds. The first-order valence-corrected chi connectivity index (χ1v) is 9.40. The van der Waals surface area contributed by atoms with Crippen molar-refractivity contribution in [2.75, 3.05) is 0 Å². The summed E-state index contributed by atoms with van der Waals surface area (Å²) >= 11 is 1.37. The van der Waals surface area contributed by atoms with Crippen LogP contribution >= 0.6 is 11.3 Å². The average molecular weight is 384 g/mol. The molecule has 3 rings (SSSR count). The maximum atomic E-state index is 12.6. The molecule has 140 valence electrons. The lowest BCUT2D eigenvalue weighted by molar-refractivity contribution is -0.137. The number of carbonyl (C=O) groups is 2. The summed E-state index contributed by atoms with van der Waals surface area (Å²) in [5.41, 5.74) is 2.23. The molecule has 0 saturated heterocycles. The smallest absolute Gasteiger partial charge is 0.303 e. The standard InChI is InChI=1S/C19H20N4O3S/c1-23-11-14(10-20-23)19-22-16(12-27-19)18(26)21-15(7-8-17(24)25)9-13-5-3-2-4-6-13/h2-6,10-12,15H,7-9H2,1H3,(H,21,26)(H,24,25). The summed E-state index contributed by atoms with van der Waals surface area (Å²) in [7, 11) is 1.82. The number of aromatic nitrogens is 3. The number of carboxylic acid groups (broad SMARTS) is 1. The minimum absolute atomic E-state index is 0.00419. The molecular weight excluding hydrogens is 364 g/mol. The van der Waals surface area contributed by atoms with Crippen LogP contribution < -0.4 is 5.32 Å². The zero-order chi connectivity index (χ0) is 19.2. The van der Waals surface area contributed by atoms with Gasteiger partial charge >= 0.3 is 5.97 Å². The van der Waals surface area contributed by atoms with E-state index in [1.165, 1.54) is 11.3 Å². The zero-order valence-electron chi connectivity index (χ0n) is 14.8. The molecule has 1 unspecified atom stereocenters. The quantitative estimate of drug-likeness (QED) is 0.622. The van der Waals surface area contributed by atoms with Gasteiger partial charge in [-0.2, -0.15) is 5.10 Å². The van der Waals surface area contributed by atoms with Gasteiger partial charge in [-0.15, -0.1) is 11.3 Å². The van der Waals surface area contributed by atoms with Crippen LogP contribution in [0.4, 0.5) is 0 Å². The van der Waals surface area contributed by atoms with Gasteiger partial charge in [-0.1, -0.05) is 30.3 Å². The Labute approximate surface area is 160 Å². The number of hydrogen-bond donors (Lipinski definition) is 2. The van der Waals surface area contributed by atoms with Crippen LogP contribution in [-0.2, 0) is 18.3 Å². The molecule has 0 aliphatic heterocycles. The maximum absolute atomic E-state index is 12.6. The van der Waals surface area contributed by atoms with Crippen LogP contribution in [0.2, 0.25) is 0 Å². The number of hydrogen-bond acceptors (Lipinski definition) is 5. The second kappa shape index (κ2) is 8.59. The summed E-state index contributed by atoms with van der Waals surface area (Å²) in [6.45, 7) is 0. The van der Waals surface area contributed by atoms with Crippen LogP contribution in [0, 0.1) is 0 Å². The third kappa shape index (κ3) is 5.24. The van der Waals surface area contributed by atoms with Crippen molar-refractivity contribution in [3.8, 4) is 10.6 Å². The number of nitrogens with zero attached hydrogens (tertiary/aromatic N) is 3. The van der Waals surface area contributed by atoms with Crippen molar-refractivity contribution in [2.45, 2.75) is 25.3 Å². The lowest BCUT2D eigenvalue weighted by Crippen LogP contribution is -2.37. The van der Waals surface area contributed by atoms with Crippen LogP contribution in [0.25, 0.3) is 10.6 Å². The Hall–Kier alpha value is -3.00. The van der Waals surface area contributed by atoms with Gasteiger partial charge in [0.05, 0.1) is 6.20 Å². The number of benzene rings is 1. The van der Waals surface area contributed by atoms with Crippen molar-refractivity contribution in [1.82, 2.24) is 20.1 Å². The molecule has 7 nitrogen and oxygen atoms in total. The molecule has 0 spiro atoms. The Bertz CT molecular complexity index is 920.